The second-order valence-corrected chi connectivity index (χ2v) is 3.82. The van der Waals surface area contributed by atoms with E-state index in [4.69, 9.17) is 0 Å². The molecule has 0 bridgehead atoms. The Morgan fingerprint density at radius 1 is 0.833 bits per heavy atom. The quantitative estimate of drug-likeness (QED) is 0.354. The van der Waals surface area contributed by atoms with Crippen molar-refractivity contribution >= 4 is 23.7 Å². The molecule has 0 unspecified atom stereocenters. The van der Waals surface area contributed by atoms with Gasteiger partial charge in [0.2, 0.25) is 5.78 Å². The third-order valence-corrected chi connectivity index (χ3v) is 2.57. The highest BCUT2D eigenvalue weighted by Crippen LogP contribution is 2.18. The van der Waals surface area contributed by atoms with Crippen LogP contribution in [0.1, 0.15) is 11.1 Å². The van der Waals surface area contributed by atoms with Gasteiger partial charge in [-0.3, -0.25) is 9.59 Å². The molecular formula is C16H12O2. The number of allylic oxidation sites excluding steroid dienone is 1. The molecule has 2 heteroatoms. The molecule has 0 saturated heterocycles. The van der Waals surface area contributed by atoms with Crippen LogP contribution in [-0.4, -0.2) is 12.1 Å². The molecule has 88 valence electrons. The number of hydrogen-bond donors (Lipinski definition) is 0. The topological polar surface area (TPSA) is 34.1 Å². The van der Waals surface area contributed by atoms with Crippen LogP contribution in [0.15, 0.2) is 60.7 Å². The Balaban J connectivity index is 2.47. The van der Waals surface area contributed by atoms with Gasteiger partial charge in [0.15, 0.2) is 6.29 Å². The van der Waals surface area contributed by atoms with Crippen molar-refractivity contribution in [3.63, 3.8) is 0 Å². The largest absolute Gasteiger partial charge is 0.294 e. The maximum absolute atomic E-state index is 11.7. The maximum Gasteiger partial charge on any atom is 0.225 e. The third kappa shape index (κ3) is 2.80. The molecule has 18 heavy (non-hydrogen) atoms. The van der Waals surface area contributed by atoms with E-state index in [1.165, 1.54) is 0 Å². The molecule has 2 aromatic carbocycles. The van der Waals surface area contributed by atoms with Crippen molar-refractivity contribution in [3.05, 3.63) is 71.8 Å². The van der Waals surface area contributed by atoms with Gasteiger partial charge in [-0.15, -0.1) is 0 Å². The van der Waals surface area contributed by atoms with Crippen LogP contribution in [0.3, 0.4) is 0 Å². The first-order valence-electron chi connectivity index (χ1n) is 5.63. The van der Waals surface area contributed by atoms with Crippen molar-refractivity contribution in [1.82, 2.24) is 0 Å². The van der Waals surface area contributed by atoms with Crippen LogP contribution in [0.2, 0.25) is 0 Å². The van der Waals surface area contributed by atoms with Crippen molar-refractivity contribution in [2.24, 2.45) is 0 Å². The van der Waals surface area contributed by atoms with Crippen molar-refractivity contribution in [3.8, 4) is 0 Å². The van der Waals surface area contributed by atoms with Crippen molar-refractivity contribution < 1.29 is 9.59 Å². The van der Waals surface area contributed by atoms with Crippen LogP contribution in [0.5, 0.6) is 0 Å². The van der Waals surface area contributed by atoms with Gasteiger partial charge in [0.1, 0.15) is 0 Å². The van der Waals surface area contributed by atoms with Crippen LogP contribution < -0.4 is 0 Å². The van der Waals surface area contributed by atoms with Crippen molar-refractivity contribution in [2.45, 2.75) is 0 Å². The molecule has 0 atom stereocenters. The third-order valence-electron chi connectivity index (χ3n) is 2.57. The first kappa shape index (κ1) is 12.0. The Hall–Kier alpha value is -2.48. The molecule has 0 spiro atoms. The van der Waals surface area contributed by atoms with Gasteiger partial charge in [-0.1, -0.05) is 60.7 Å². The van der Waals surface area contributed by atoms with Gasteiger partial charge in [-0.25, -0.2) is 0 Å². The predicted molar refractivity (Wildman–Crippen MR) is 71.8 cm³/mol. The minimum absolute atomic E-state index is 0.349. The van der Waals surface area contributed by atoms with E-state index in [0.29, 0.717) is 11.9 Å². The molecule has 2 nitrogen and oxygen atoms in total. The Morgan fingerprint density at radius 3 is 1.94 bits per heavy atom. The number of benzene rings is 2. The Labute approximate surface area is 106 Å². The van der Waals surface area contributed by atoms with Gasteiger partial charge in [0.25, 0.3) is 0 Å². The first-order chi connectivity index (χ1) is 8.81. The number of rotatable bonds is 4. The fourth-order valence-corrected chi connectivity index (χ4v) is 1.69. The maximum atomic E-state index is 11.7. The molecule has 0 saturated carbocycles. The number of ketones is 1. The van der Waals surface area contributed by atoms with Gasteiger partial charge in [-0.05, 0) is 17.2 Å². The number of Topliss-reactive ketones (excluding diaryl/α,β-unsaturated/α-hetero) is 1. The van der Waals surface area contributed by atoms with E-state index in [0.717, 1.165) is 11.1 Å². The summed E-state index contributed by atoms with van der Waals surface area (Å²) in [6, 6.07) is 18.6. The van der Waals surface area contributed by atoms with Gasteiger partial charge in [0.05, 0.1) is 0 Å². The van der Waals surface area contributed by atoms with Gasteiger partial charge in [-0.2, -0.15) is 0 Å². The summed E-state index contributed by atoms with van der Waals surface area (Å²) in [6.07, 6.45) is 2.08. The molecule has 0 aliphatic carbocycles. The molecule has 0 aliphatic heterocycles. The fraction of sp³-hybridized carbons (Fsp3) is 0. The normalized spacial score (nSPS) is 11.0. The molecule has 0 radical (unpaired) electrons. The van der Waals surface area contributed by atoms with Crippen LogP contribution in [0, 0.1) is 0 Å². The summed E-state index contributed by atoms with van der Waals surface area (Å²) in [6.45, 7) is 0. The van der Waals surface area contributed by atoms with E-state index < -0.39 is 5.78 Å². The number of carbonyl (C=O) groups is 2. The lowest BCUT2D eigenvalue weighted by Gasteiger charge is -2.03. The zero-order chi connectivity index (χ0) is 12.8. The van der Waals surface area contributed by atoms with Crippen LogP contribution in [-0.2, 0) is 9.59 Å². The highest BCUT2D eigenvalue weighted by molar-refractivity contribution is 6.48. The Kier molecular flexibility index (Phi) is 3.82. The summed E-state index contributed by atoms with van der Waals surface area (Å²) >= 11 is 0. The number of carbonyl (C=O) groups excluding carboxylic acids is 2. The summed E-state index contributed by atoms with van der Waals surface area (Å²) in [7, 11) is 0. The summed E-state index contributed by atoms with van der Waals surface area (Å²) < 4.78 is 0. The predicted octanol–water partition coefficient (Wildman–Crippen LogP) is 3.00. The SMILES string of the molecule is O=CC(=O)C(=Cc1ccccc1)c1ccccc1. The van der Waals surface area contributed by atoms with Crippen molar-refractivity contribution in [1.29, 1.82) is 0 Å². The van der Waals surface area contributed by atoms with Crippen LogP contribution >= 0.6 is 0 Å². The fourth-order valence-electron chi connectivity index (χ4n) is 1.69. The van der Waals surface area contributed by atoms with Gasteiger partial charge < -0.3 is 0 Å². The first-order valence-corrected chi connectivity index (χ1v) is 5.63. The molecule has 0 aliphatic rings. The van der Waals surface area contributed by atoms with Crippen LogP contribution in [0.25, 0.3) is 11.6 Å². The van der Waals surface area contributed by atoms with Crippen LogP contribution in [0.4, 0.5) is 0 Å². The molecule has 0 aromatic heterocycles. The van der Waals surface area contributed by atoms with E-state index in [1.54, 1.807) is 6.08 Å². The molecule has 0 fully saturated rings. The average Bonchev–Trinajstić information content (AvgIpc) is 2.46. The van der Waals surface area contributed by atoms with Gasteiger partial charge >= 0.3 is 0 Å². The summed E-state index contributed by atoms with van der Waals surface area (Å²) in [5, 5.41) is 0. The lowest BCUT2D eigenvalue weighted by atomic mass is 9.99. The van der Waals surface area contributed by atoms with E-state index in [1.807, 2.05) is 60.7 Å². The highest BCUT2D eigenvalue weighted by Gasteiger charge is 2.10. The standard InChI is InChI=1S/C16H12O2/c17-12-16(18)15(14-9-5-2-6-10-14)11-13-7-3-1-4-8-13/h1-12H. The summed E-state index contributed by atoms with van der Waals surface area (Å²) in [5.41, 5.74) is 2.06. The lowest BCUT2D eigenvalue weighted by Crippen LogP contribution is -2.02. The Bertz CT molecular complexity index is 569. The number of aldehydes is 1. The van der Waals surface area contributed by atoms with E-state index in [2.05, 4.69) is 0 Å². The monoisotopic (exact) mass is 236 g/mol. The summed E-state index contributed by atoms with van der Waals surface area (Å²) in [4.78, 5) is 22.4. The molecule has 2 aromatic rings. The van der Waals surface area contributed by atoms with E-state index in [9.17, 15) is 9.59 Å². The van der Waals surface area contributed by atoms with E-state index >= 15 is 0 Å². The minimum atomic E-state index is -0.509. The minimum Gasteiger partial charge on any atom is -0.294 e. The smallest absolute Gasteiger partial charge is 0.225 e. The van der Waals surface area contributed by atoms with Gasteiger partial charge in [0, 0.05) is 5.57 Å². The zero-order valence-electron chi connectivity index (χ0n) is 9.74. The molecule has 2 rings (SSSR count). The second-order valence-electron chi connectivity index (χ2n) is 3.82. The molecular weight excluding hydrogens is 224 g/mol. The second kappa shape index (κ2) is 5.73. The lowest BCUT2D eigenvalue weighted by molar-refractivity contribution is -0.126. The number of hydrogen-bond acceptors (Lipinski definition) is 2. The van der Waals surface area contributed by atoms with E-state index in [-0.39, 0.29) is 0 Å². The van der Waals surface area contributed by atoms with Crippen molar-refractivity contribution in [2.75, 3.05) is 0 Å². The molecule has 0 N–H and O–H groups in total. The average molecular weight is 236 g/mol. The zero-order valence-corrected chi connectivity index (χ0v) is 9.74. The Morgan fingerprint density at radius 2 is 1.39 bits per heavy atom. The summed E-state index contributed by atoms with van der Waals surface area (Å²) in [5.74, 6) is -0.509. The highest BCUT2D eigenvalue weighted by atomic mass is 16.2. The molecule has 0 heterocycles. The molecule has 0 amide bonds.